The molecule has 0 aromatic heterocycles. The predicted molar refractivity (Wildman–Crippen MR) is 58.6 cm³/mol. The first kappa shape index (κ1) is 14.3. The third-order valence-electron chi connectivity index (χ3n) is 2.40. The van der Waals surface area contributed by atoms with Gasteiger partial charge in [-0.3, -0.25) is 0 Å². The summed E-state index contributed by atoms with van der Waals surface area (Å²) in [4.78, 5) is 0. The third-order valence-corrected chi connectivity index (χ3v) is 2.75. The zero-order valence-corrected chi connectivity index (χ0v) is 9.87. The second-order valence-corrected chi connectivity index (χ2v) is 4.12. The summed E-state index contributed by atoms with van der Waals surface area (Å²) in [6.45, 7) is 0. The Balaban J connectivity index is 2.81. The summed E-state index contributed by atoms with van der Waals surface area (Å²) in [6.07, 6.45) is -5.40. The summed E-state index contributed by atoms with van der Waals surface area (Å²) in [7, 11) is 1.41. The van der Waals surface area contributed by atoms with Gasteiger partial charge >= 0.3 is 6.18 Å². The minimum absolute atomic E-state index is 0.0957. The molecule has 17 heavy (non-hydrogen) atoms. The number of hydrogen-bond acceptors (Lipinski definition) is 1. The fourth-order valence-electron chi connectivity index (χ4n) is 1.53. The van der Waals surface area contributed by atoms with E-state index in [1.807, 2.05) is 0 Å². The maximum absolute atomic E-state index is 13.4. The van der Waals surface area contributed by atoms with Crippen molar-refractivity contribution in [1.29, 1.82) is 0 Å². The second kappa shape index (κ2) is 5.69. The Labute approximate surface area is 102 Å². The molecule has 0 spiro atoms. The van der Waals surface area contributed by atoms with Crippen LogP contribution in [0.1, 0.15) is 12.0 Å². The maximum Gasteiger partial charge on any atom is 0.390 e. The Kier molecular flexibility index (Phi) is 4.77. The zero-order valence-electron chi connectivity index (χ0n) is 9.11. The predicted octanol–water partition coefficient (Wildman–Crippen LogP) is 3.56. The van der Waals surface area contributed by atoms with Crippen LogP contribution < -0.4 is 5.32 Å². The van der Waals surface area contributed by atoms with E-state index >= 15 is 0 Å². The Morgan fingerprint density at radius 2 is 2.00 bits per heavy atom. The molecule has 1 N–H and O–H groups in total. The van der Waals surface area contributed by atoms with Crippen molar-refractivity contribution in [2.75, 3.05) is 7.05 Å². The summed E-state index contributed by atoms with van der Waals surface area (Å²) in [5.74, 6) is -0.583. The molecule has 0 fully saturated rings. The van der Waals surface area contributed by atoms with Crippen LogP contribution in [-0.2, 0) is 6.42 Å². The van der Waals surface area contributed by atoms with Crippen LogP contribution in [-0.4, -0.2) is 19.3 Å². The summed E-state index contributed by atoms with van der Waals surface area (Å²) < 4.78 is 50.1. The summed E-state index contributed by atoms with van der Waals surface area (Å²) in [5, 5.41) is 2.66. The molecule has 0 aliphatic rings. The Bertz CT molecular complexity index is 358. The topological polar surface area (TPSA) is 12.0 Å². The van der Waals surface area contributed by atoms with Gasteiger partial charge < -0.3 is 5.32 Å². The molecule has 1 aromatic rings. The molecule has 6 heteroatoms. The molecule has 1 rings (SSSR count). The molecule has 0 radical (unpaired) electrons. The molecular weight excluding hydrogens is 258 g/mol. The third kappa shape index (κ3) is 4.52. The first-order valence-electron chi connectivity index (χ1n) is 5.00. The minimum Gasteiger partial charge on any atom is -0.316 e. The lowest BCUT2D eigenvalue weighted by molar-refractivity contribution is -0.139. The molecule has 0 heterocycles. The fourth-order valence-corrected chi connectivity index (χ4v) is 1.77. The van der Waals surface area contributed by atoms with Gasteiger partial charge in [-0.1, -0.05) is 17.7 Å². The highest BCUT2D eigenvalue weighted by Gasteiger charge is 2.31. The fraction of sp³-hybridized carbons (Fsp3) is 0.455. The summed E-state index contributed by atoms with van der Waals surface area (Å²) in [5.41, 5.74) is 0.109. The van der Waals surface area contributed by atoms with Crippen molar-refractivity contribution < 1.29 is 17.6 Å². The number of nitrogens with one attached hydrogen (secondary N) is 1. The molecule has 0 amide bonds. The van der Waals surface area contributed by atoms with E-state index in [1.165, 1.54) is 25.2 Å². The molecule has 0 saturated heterocycles. The molecule has 1 unspecified atom stereocenters. The number of rotatable bonds is 4. The van der Waals surface area contributed by atoms with Gasteiger partial charge in [0, 0.05) is 16.6 Å². The lowest BCUT2D eigenvalue weighted by Crippen LogP contribution is -2.33. The molecule has 1 nitrogen and oxygen atoms in total. The molecule has 0 bridgehead atoms. The molecular formula is C11H12ClF4N. The SMILES string of the molecule is CNC(Cc1c(F)cccc1Cl)CC(F)(F)F. The minimum atomic E-state index is -4.29. The van der Waals surface area contributed by atoms with E-state index in [1.54, 1.807) is 0 Å². The van der Waals surface area contributed by atoms with Crippen molar-refractivity contribution in [3.63, 3.8) is 0 Å². The average molecular weight is 270 g/mol. The van der Waals surface area contributed by atoms with Gasteiger partial charge in [0.15, 0.2) is 0 Å². The molecule has 96 valence electrons. The van der Waals surface area contributed by atoms with Crippen LogP contribution in [0.2, 0.25) is 5.02 Å². The van der Waals surface area contributed by atoms with Gasteiger partial charge in [0.2, 0.25) is 0 Å². The van der Waals surface area contributed by atoms with E-state index in [0.717, 1.165) is 0 Å². The van der Waals surface area contributed by atoms with Crippen molar-refractivity contribution in [1.82, 2.24) is 5.32 Å². The molecule has 0 aliphatic carbocycles. The van der Waals surface area contributed by atoms with Crippen molar-refractivity contribution >= 4 is 11.6 Å². The van der Waals surface area contributed by atoms with E-state index in [0.29, 0.717) is 0 Å². The van der Waals surface area contributed by atoms with E-state index in [9.17, 15) is 17.6 Å². The Morgan fingerprint density at radius 1 is 1.35 bits per heavy atom. The van der Waals surface area contributed by atoms with Crippen molar-refractivity contribution in [2.45, 2.75) is 25.1 Å². The highest BCUT2D eigenvalue weighted by molar-refractivity contribution is 6.31. The van der Waals surface area contributed by atoms with Crippen LogP contribution in [0.5, 0.6) is 0 Å². The number of likely N-dealkylation sites (N-methyl/N-ethyl adjacent to an activating group) is 1. The molecule has 1 atom stereocenters. The summed E-state index contributed by atoms with van der Waals surface area (Å²) >= 11 is 5.75. The van der Waals surface area contributed by atoms with E-state index in [4.69, 9.17) is 11.6 Å². The second-order valence-electron chi connectivity index (χ2n) is 3.71. The molecule has 0 saturated carbocycles. The van der Waals surface area contributed by atoms with Crippen LogP contribution in [0, 0.1) is 5.82 Å². The standard InChI is InChI=1S/C11H12ClF4N/c1-17-7(6-11(14,15)16)5-8-9(12)3-2-4-10(8)13/h2-4,7,17H,5-6H2,1H3. The van der Waals surface area contributed by atoms with Crippen LogP contribution in [0.3, 0.4) is 0 Å². The normalized spacial score (nSPS) is 13.8. The smallest absolute Gasteiger partial charge is 0.316 e. The number of benzene rings is 1. The lowest BCUT2D eigenvalue weighted by Gasteiger charge is -2.18. The largest absolute Gasteiger partial charge is 0.390 e. The van der Waals surface area contributed by atoms with Gasteiger partial charge in [0.1, 0.15) is 5.82 Å². The van der Waals surface area contributed by atoms with Crippen LogP contribution in [0.25, 0.3) is 0 Å². The highest BCUT2D eigenvalue weighted by atomic mass is 35.5. The zero-order chi connectivity index (χ0) is 13.1. The van der Waals surface area contributed by atoms with Crippen molar-refractivity contribution in [3.05, 3.63) is 34.6 Å². The number of alkyl halides is 3. The van der Waals surface area contributed by atoms with Gasteiger partial charge in [0.25, 0.3) is 0 Å². The maximum atomic E-state index is 13.4. The van der Waals surface area contributed by atoms with Crippen molar-refractivity contribution in [2.24, 2.45) is 0 Å². The lowest BCUT2D eigenvalue weighted by atomic mass is 10.0. The average Bonchev–Trinajstić information content (AvgIpc) is 2.20. The first-order chi connectivity index (χ1) is 7.83. The van der Waals surface area contributed by atoms with E-state index < -0.39 is 24.5 Å². The highest BCUT2D eigenvalue weighted by Crippen LogP contribution is 2.26. The Morgan fingerprint density at radius 3 is 2.47 bits per heavy atom. The summed E-state index contributed by atoms with van der Waals surface area (Å²) in [6, 6.07) is 3.17. The van der Waals surface area contributed by atoms with E-state index in [2.05, 4.69) is 5.32 Å². The number of halogens is 5. The monoisotopic (exact) mass is 269 g/mol. The van der Waals surface area contributed by atoms with Crippen LogP contribution in [0.4, 0.5) is 17.6 Å². The Hall–Kier alpha value is -0.810. The van der Waals surface area contributed by atoms with E-state index in [-0.39, 0.29) is 17.0 Å². The van der Waals surface area contributed by atoms with Gasteiger partial charge in [-0.05, 0) is 25.6 Å². The van der Waals surface area contributed by atoms with Gasteiger partial charge in [-0.25, -0.2) is 4.39 Å². The van der Waals surface area contributed by atoms with Crippen LogP contribution in [0.15, 0.2) is 18.2 Å². The van der Waals surface area contributed by atoms with Gasteiger partial charge in [0.05, 0.1) is 6.42 Å². The van der Waals surface area contributed by atoms with Gasteiger partial charge in [-0.15, -0.1) is 0 Å². The van der Waals surface area contributed by atoms with Crippen molar-refractivity contribution in [3.8, 4) is 0 Å². The number of hydrogen-bond donors (Lipinski definition) is 1. The van der Waals surface area contributed by atoms with Gasteiger partial charge in [-0.2, -0.15) is 13.2 Å². The quantitative estimate of drug-likeness (QED) is 0.824. The molecule has 1 aromatic carbocycles. The first-order valence-corrected chi connectivity index (χ1v) is 5.38. The molecule has 0 aliphatic heterocycles. The van der Waals surface area contributed by atoms with Crippen LogP contribution >= 0.6 is 11.6 Å².